The average Bonchev–Trinajstić information content (AvgIpc) is 3.04. The largest absolute Gasteiger partial charge is 0.449 e. The van der Waals surface area contributed by atoms with Gasteiger partial charge in [0.25, 0.3) is 15.9 Å². The summed E-state index contributed by atoms with van der Waals surface area (Å²) in [7, 11) is -0.0903. The van der Waals surface area contributed by atoms with Crippen molar-refractivity contribution in [2.75, 3.05) is 35.8 Å². The molecule has 1 atom stereocenters. The molecule has 180 valence electrons. The Labute approximate surface area is 199 Å². The van der Waals surface area contributed by atoms with Gasteiger partial charge < -0.3 is 19.9 Å². The van der Waals surface area contributed by atoms with Gasteiger partial charge in [-0.15, -0.1) is 4.40 Å². The highest BCUT2D eigenvalue weighted by Gasteiger charge is 2.32. The van der Waals surface area contributed by atoms with Crippen molar-refractivity contribution in [3.05, 3.63) is 48.0 Å². The monoisotopic (exact) mass is 484 g/mol. The number of amides is 1. The number of carbonyl (C=O) groups excluding carboxylic acids is 2. The molecule has 0 saturated carbocycles. The van der Waals surface area contributed by atoms with E-state index in [1.165, 1.54) is 19.1 Å². The highest BCUT2D eigenvalue weighted by Crippen LogP contribution is 2.35. The lowest BCUT2D eigenvalue weighted by molar-refractivity contribution is -0.123. The lowest BCUT2D eigenvalue weighted by atomic mass is 10.1. The second kappa shape index (κ2) is 9.46. The molecule has 0 spiro atoms. The third-order valence-corrected chi connectivity index (χ3v) is 7.22. The zero-order valence-corrected chi connectivity index (χ0v) is 20.3. The molecule has 10 heteroatoms. The van der Waals surface area contributed by atoms with Crippen LogP contribution in [0.1, 0.15) is 43.0 Å². The number of anilines is 3. The van der Waals surface area contributed by atoms with E-state index in [9.17, 15) is 18.0 Å². The number of benzene rings is 2. The van der Waals surface area contributed by atoms with Crippen LogP contribution in [0, 0.1) is 0 Å². The fraction of sp³-hybridized carbons (Fsp3) is 0.375. The van der Waals surface area contributed by atoms with Crippen molar-refractivity contribution in [3.8, 4) is 0 Å². The number of nitrogens with zero attached hydrogens (tertiary/aromatic N) is 3. The van der Waals surface area contributed by atoms with Crippen LogP contribution in [0.25, 0.3) is 0 Å². The average molecular weight is 485 g/mol. The summed E-state index contributed by atoms with van der Waals surface area (Å²) < 4.78 is 34.9. The number of carbonyl (C=O) groups is 2. The van der Waals surface area contributed by atoms with Gasteiger partial charge >= 0.3 is 5.97 Å². The Bertz CT molecular complexity index is 1240. The maximum atomic E-state index is 12.8. The molecular formula is C24H28N4O5S. The molecule has 1 unspecified atom stereocenters. The Balaban J connectivity index is 1.47. The van der Waals surface area contributed by atoms with E-state index in [2.05, 4.69) is 9.71 Å². The fourth-order valence-corrected chi connectivity index (χ4v) is 5.26. The molecule has 2 aromatic rings. The normalized spacial score (nSPS) is 17.4. The first-order valence-corrected chi connectivity index (χ1v) is 12.6. The van der Waals surface area contributed by atoms with Crippen LogP contribution in [0.4, 0.5) is 17.1 Å². The number of esters is 1. The van der Waals surface area contributed by atoms with Gasteiger partial charge in [-0.05, 0) is 62.2 Å². The van der Waals surface area contributed by atoms with Crippen molar-refractivity contribution in [2.24, 2.45) is 4.40 Å². The van der Waals surface area contributed by atoms with Crippen molar-refractivity contribution in [3.63, 3.8) is 0 Å². The van der Waals surface area contributed by atoms with Gasteiger partial charge in [-0.25, -0.2) is 4.79 Å². The third-order valence-electron chi connectivity index (χ3n) is 5.89. The highest BCUT2D eigenvalue weighted by molar-refractivity contribution is 7.90. The summed E-state index contributed by atoms with van der Waals surface area (Å²) in [5.41, 5.74) is 2.13. The molecule has 0 aromatic heterocycles. The number of ether oxygens (including phenoxy) is 1. The molecule has 2 aliphatic rings. The molecule has 1 fully saturated rings. The molecular weight excluding hydrogens is 456 g/mol. The van der Waals surface area contributed by atoms with Crippen molar-refractivity contribution in [2.45, 2.75) is 43.6 Å². The molecule has 0 radical (unpaired) electrons. The van der Waals surface area contributed by atoms with E-state index in [-0.39, 0.29) is 10.5 Å². The molecule has 2 heterocycles. The zero-order valence-electron chi connectivity index (χ0n) is 19.4. The summed E-state index contributed by atoms with van der Waals surface area (Å²) in [4.78, 5) is 29.0. The highest BCUT2D eigenvalue weighted by atomic mass is 32.2. The number of sulfonamides is 1. The van der Waals surface area contributed by atoms with Crippen LogP contribution in [-0.2, 0) is 19.6 Å². The molecule has 1 N–H and O–H groups in total. The van der Waals surface area contributed by atoms with Crippen LogP contribution >= 0.6 is 0 Å². The molecule has 9 nitrogen and oxygen atoms in total. The number of hydrogen-bond donors (Lipinski definition) is 1. The summed E-state index contributed by atoms with van der Waals surface area (Å²) in [6.07, 6.45) is 2.36. The van der Waals surface area contributed by atoms with Crippen LogP contribution in [-0.4, -0.2) is 52.9 Å². The molecule has 4 rings (SSSR count). The predicted octanol–water partition coefficient (Wildman–Crippen LogP) is 3.42. The Kier molecular flexibility index (Phi) is 6.60. The smallest absolute Gasteiger partial charge is 0.338 e. The van der Waals surface area contributed by atoms with Gasteiger partial charge in [0, 0.05) is 38.4 Å². The standard InChI is InChI=1S/C24H28N4O5S/c1-16(23(29)25-18-9-11-19(12-10-18)27(2)3)33-24(30)17-8-13-20-21(15-17)34(31,32)26-22-7-5-4-6-14-28(20)22/h8-13,15-16H,4-7,14H2,1-3H3,(H,25,29). The summed E-state index contributed by atoms with van der Waals surface area (Å²) in [6, 6.07) is 11.6. The van der Waals surface area contributed by atoms with Crippen LogP contribution < -0.4 is 15.1 Å². The van der Waals surface area contributed by atoms with Crippen LogP contribution in [0.15, 0.2) is 51.8 Å². The fourth-order valence-electron chi connectivity index (χ4n) is 3.98. The van der Waals surface area contributed by atoms with Crippen molar-refractivity contribution < 1.29 is 22.7 Å². The van der Waals surface area contributed by atoms with Gasteiger partial charge in [0.1, 0.15) is 10.7 Å². The predicted molar refractivity (Wildman–Crippen MR) is 131 cm³/mol. The van der Waals surface area contributed by atoms with Gasteiger partial charge in [-0.3, -0.25) is 4.79 Å². The molecule has 2 aromatic carbocycles. The molecule has 34 heavy (non-hydrogen) atoms. The number of amidine groups is 1. The Morgan fingerprint density at radius 2 is 1.82 bits per heavy atom. The van der Waals surface area contributed by atoms with Gasteiger partial charge in [-0.2, -0.15) is 8.42 Å². The van der Waals surface area contributed by atoms with Crippen LogP contribution in [0.2, 0.25) is 0 Å². The molecule has 1 saturated heterocycles. The topological polar surface area (TPSA) is 108 Å². The van der Waals surface area contributed by atoms with Gasteiger partial charge in [0.2, 0.25) is 0 Å². The van der Waals surface area contributed by atoms with Crippen molar-refractivity contribution in [1.29, 1.82) is 0 Å². The first kappa shape index (κ1) is 23.7. The number of rotatable bonds is 5. The van der Waals surface area contributed by atoms with Crippen molar-refractivity contribution >= 4 is 44.8 Å². The molecule has 0 bridgehead atoms. The lowest BCUT2D eigenvalue weighted by Crippen LogP contribution is -2.35. The lowest BCUT2D eigenvalue weighted by Gasteiger charge is -2.29. The van der Waals surface area contributed by atoms with Crippen LogP contribution in [0.3, 0.4) is 0 Å². The van der Waals surface area contributed by atoms with Gasteiger partial charge in [0.05, 0.1) is 11.3 Å². The first-order chi connectivity index (χ1) is 16.2. The van der Waals surface area contributed by atoms with E-state index in [0.717, 1.165) is 24.9 Å². The molecule has 0 aliphatic carbocycles. The minimum atomic E-state index is -3.92. The zero-order chi connectivity index (χ0) is 24.5. The second-order valence-corrected chi connectivity index (χ2v) is 10.2. The van der Waals surface area contributed by atoms with Gasteiger partial charge in [-0.1, -0.05) is 6.42 Å². The van der Waals surface area contributed by atoms with Gasteiger partial charge in [0.15, 0.2) is 6.10 Å². The van der Waals surface area contributed by atoms with E-state index >= 15 is 0 Å². The summed E-state index contributed by atoms with van der Waals surface area (Å²) >= 11 is 0. The summed E-state index contributed by atoms with van der Waals surface area (Å²) in [5, 5.41) is 2.71. The maximum Gasteiger partial charge on any atom is 0.338 e. The summed E-state index contributed by atoms with van der Waals surface area (Å²) in [5.74, 6) is -0.728. The third kappa shape index (κ3) is 4.91. The SMILES string of the molecule is CC(OC(=O)c1ccc2c(c1)S(=O)(=O)N=C1CCCCCN12)C(=O)Nc1ccc(N(C)C)cc1. The minimum absolute atomic E-state index is 0.0225. The first-order valence-electron chi connectivity index (χ1n) is 11.2. The van der Waals surface area contributed by atoms with Crippen LogP contribution in [0.5, 0.6) is 0 Å². The maximum absolute atomic E-state index is 12.8. The molecule has 1 amide bonds. The van der Waals surface area contributed by atoms with E-state index in [1.807, 2.05) is 36.0 Å². The molecule has 2 aliphatic heterocycles. The second-order valence-electron chi connectivity index (χ2n) is 8.61. The summed E-state index contributed by atoms with van der Waals surface area (Å²) in [6.45, 7) is 2.14. The van der Waals surface area contributed by atoms with E-state index in [1.54, 1.807) is 18.2 Å². The Hall–Kier alpha value is -3.40. The Morgan fingerprint density at radius 3 is 2.53 bits per heavy atom. The van der Waals surface area contributed by atoms with E-state index in [0.29, 0.717) is 30.2 Å². The number of nitrogens with one attached hydrogen (secondary N) is 1. The quantitative estimate of drug-likeness (QED) is 0.648. The number of fused-ring (bicyclic) bond motifs is 3. The van der Waals surface area contributed by atoms with E-state index < -0.39 is 28.0 Å². The minimum Gasteiger partial charge on any atom is -0.449 e. The Morgan fingerprint density at radius 1 is 1.09 bits per heavy atom. The number of hydrogen-bond acceptors (Lipinski definition) is 7. The van der Waals surface area contributed by atoms with Crippen molar-refractivity contribution in [1.82, 2.24) is 0 Å². The van der Waals surface area contributed by atoms with E-state index in [4.69, 9.17) is 4.74 Å².